The third kappa shape index (κ3) is 8.56. The van der Waals surface area contributed by atoms with Crippen molar-refractivity contribution in [3.05, 3.63) is 88.4 Å². The second kappa shape index (κ2) is 13.3. The van der Waals surface area contributed by atoms with Crippen LogP contribution < -0.4 is 19.8 Å². The van der Waals surface area contributed by atoms with Crippen molar-refractivity contribution >= 4 is 45.3 Å². The number of benzene rings is 3. The highest BCUT2D eigenvalue weighted by molar-refractivity contribution is 7.92. The van der Waals surface area contributed by atoms with Crippen molar-refractivity contribution in [3.8, 4) is 5.75 Å². The van der Waals surface area contributed by atoms with Gasteiger partial charge in [0.1, 0.15) is 12.3 Å². The van der Waals surface area contributed by atoms with E-state index in [-0.39, 0.29) is 29.1 Å². The first-order valence-electron chi connectivity index (χ1n) is 12.2. The summed E-state index contributed by atoms with van der Waals surface area (Å²) in [6.07, 6.45) is 1.41. The summed E-state index contributed by atoms with van der Waals surface area (Å²) in [7, 11) is -4.08. The fraction of sp³-hybridized carbons (Fsp3) is 0.250. The topological polar surface area (TPSA) is 117 Å². The lowest BCUT2D eigenvalue weighted by Crippen LogP contribution is -2.39. The molecule has 0 heterocycles. The maximum Gasteiger partial charge on any atom is 0.264 e. The third-order valence-electron chi connectivity index (χ3n) is 5.44. The molecule has 0 aliphatic carbocycles. The average molecular weight is 571 g/mol. The molecule has 3 aromatic rings. The number of sulfonamides is 1. The van der Waals surface area contributed by atoms with Gasteiger partial charge in [-0.3, -0.25) is 13.9 Å². The molecule has 3 aromatic carbocycles. The van der Waals surface area contributed by atoms with Crippen molar-refractivity contribution in [2.75, 3.05) is 17.5 Å². The Morgan fingerprint density at radius 1 is 1.00 bits per heavy atom. The second-order valence-electron chi connectivity index (χ2n) is 9.13. The van der Waals surface area contributed by atoms with Crippen molar-refractivity contribution in [1.82, 2.24) is 10.7 Å². The molecule has 0 unspecified atom stereocenters. The SMILES string of the molecule is Cc1ccc(S(=O)(=O)N(CC(=O)N/N=C\c2ccc(OCC(=O)NC(C)C)cc2)c2ccc(C)c(Cl)c2)cc1. The van der Waals surface area contributed by atoms with Crippen molar-refractivity contribution in [2.24, 2.45) is 5.10 Å². The highest BCUT2D eigenvalue weighted by Crippen LogP contribution is 2.28. The van der Waals surface area contributed by atoms with Gasteiger partial charge in [0.05, 0.1) is 16.8 Å². The van der Waals surface area contributed by atoms with Crippen LogP contribution in [0.25, 0.3) is 0 Å². The van der Waals surface area contributed by atoms with Crippen LogP contribution in [-0.4, -0.2) is 45.6 Å². The van der Waals surface area contributed by atoms with Gasteiger partial charge < -0.3 is 10.1 Å². The van der Waals surface area contributed by atoms with Gasteiger partial charge in [-0.1, -0.05) is 35.4 Å². The maximum absolute atomic E-state index is 13.5. The molecule has 0 bridgehead atoms. The van der Waals surface area contributed by atoms with Crippen LogP contribution in [-0.2, 0) is 19.6 Å². The number of carbonyl (C=O) groups is 2. The minimum Gasteiger partial charge on any atom is -0.484 e. The Morgan fingerprint density at radius 2 is 1.67 bits per heavy atom. The van der Waals surface area contributed by atoms with Crippen molar-refractivity contribution in [3.63, 3.8) is 0 Å². The van der Waals surface area contributed by atoms with E-state index in [1.54, 1.807) is 55.5 Å². The van der Waals surface area contributed by atoms with E-state index >= 15 is 0 Å². The lowest BCUT2D eigenvalue weighted by Gasteiger charge is -2.24. The molecule has 0 saturated carbocycles. The van der Waals surface area contributed by atoms with Gasteiger partial charge in [0.15, 0.2) is 6.61 Å². The van der Waals surface area contributed by atoms with E-state index in [9.17, 15) is 18.0 Å². The molecule has 11 heteroatoms. The number of ether oxygens (including phenoxy) is 1. The van der Waals surface area contributed by atoms with Crippen LogP contribution >= 0.6 is 11.6 Å². The highest BCUT2D eigenvalue weighted by atomic mass is 35.5. The fourth-order valence-electron chi connectivity index (χ4n) is 3.40. The second-order valence-corrected chi connectivity index (χ2v) is 11.4. The number of hydrogen-bond donors (Lipinski definition) is 2. The van der Waals surface area contributed by atoms with Crippen LogP contribution in [0, 0.1) is 13.8 Å². The summed E-state index contributed by atoms with van der Waals surface area (Å²) in [5, 5.41) is 7.06. The lowest BCUT2D eigenvalue weighted by molar-refractivity contribution is -0.123. The molecular formula is C28H31ClN4O5S. The quantitative estimate of drug-likeness (QED) is 0.265. The lowest BCUT2D eigenvalue weighted by atomic mass is 10.2. The maximum atomic E-state index is 13.5. The van der Waals surface area contributed by atoms with Gasteiger partial charge in [-0.2, -0.15) is 5.10 Å². The summed E-state index contributed by atoms with van der Waals surface area (Å²) < 4.78 is 33.4. The first kappa shape index (κ1) is 29.7. The summed E-state index contributed by atoms with van der Waals surface area (Å²) >= 11 is 6.25. The summed E-state index contributed by atoms with van der Waals surface area (Å²) in [4.78, 5) is 24.5. The number of hydrogen-bond acceptors (Lipinski definition) is 6. The number of nitrogens with one attached hydrogen (secondary N) is 2. The Labute approximate surface area is 233 Å². The van der Waals surface area contributed by atoms with Gasteiger partial charge in [0, 0.05) is 11.1 Å². The van der Waals surface area contributed by atoms with Gasteiger partial charge in [-0.15, -0.1) is 0 Å². The Balaban J connectivity index is 1.69. The molecule has 0 atom stereocenters. The number of carbonyl (C=O) groups excluding carboxylic acids is 2. The van der Waals surface area contributed by atoms with Gasteiger partial charge in [0.2, 0.25) is 0 Å². The van der Waals surface area contributed by atoms with Crippen LogP contribution in [0.2, 0.25) is 5.02 Å². The smallest absolute Gasteiger partial charge is 0.264 e. The average Bonchev–Trinajstić information content (AvgIpc) is 2.88. The Morgan fingerprint density at radius 3 is 2.28 bits per heavy atom. The normalized spacial score (nSPS) is 11.4. The minimum absolute atomic E-state index is 0.0272. The van der Waals surface area contributed by atoms with Crippen LogP contribution in [0.15, 0.2) is 76.7 Å². The van der Waals surface area contributed by atoms with Crippen LogP contribution in [0.5, 0.6) is 5.75 Å². The third-order valence-corrected chi connectivity index (χ3v) is 7.64. The molecular weight excluding hydrogens is 540 g/mol. The largest absolute Gasteiger partial charge is 0.484 e. The molecule has 0 fully saturated rings. The zero-order valence-electron chi connectivity index (χ0n) is 22.1. The molecule has 0 aliphatic rings. The van der Waals surface area contributed by atoms with Gasteiger partial charge in [0.25, 0.3) is 21.8 Å². The molecule has 0 radical (unpaired) electrons. The standard InChI is InChI=1S/C28H31ClN4O5S/c1-19(2)31-28(35)18-38-24-11-8-22(9-12-24)16-30-32-27(34)17-33(23-10-7-21(4)26(29)15-23)39(36,37)25-13-5-20(3)6-14-25/h5-16,19H,17-18H2,1-4H3,(H,31,35)(H,32,34)/b30-16-. The zero-order chi connectivity index (χ0) is 28.6. The molecule has 0 aromatic heterocycles. The predicted octanol–water partition coefficient (Wildman–Crippen LogP) is 4.21. The Hall–Kier alpha value is -3.89. The molecule has 206 valence electrons. The highest BCUT2D eigenvalue weighted by Gasteiger charge is 2.27. The molecule has 0 aliphatic heterocycles. The summed E-state index contributed by atoms with van der Waals surface area (Å²) in [6, 6.07) is 17.9. The van der Waals surface area contributed by atoms with E-state index in [2.05, 4.69) is 15.8 Å². The number of hydrazone groups is 1. The van der Waals surface area contributed by atoms with E-state index < -0.39 is 22.5 Å². The van der Waals surface area contributed by atoms with E-state index in [0.717, 1.165) is 15.4 Å². The number of halogens is 1. The fourth-order valence-corrected chi connectivity index (χ4v) is 4.98. The Bertz CT molecular complexity index is 1440. The summed E-state index contributed by atoms with van der Waals surface area (Å²) in [5.74, 6) is -0.358. The molecule has 2 amide bonds. The number of amides is 2. The van der Waals surface area contributed by atoms with Crippen molar-refractivity contribution < 1.29 is 22.7 Å². The monoisotopic (exact) mass is 570 g/mol. The molecule has 0 saturated heterocycles. The van der Waals surface area contributed by atoms with Crippen LogP contribution in [0.4, 0.5) is 5.69 Å². The number of anilines is 1. The van der Waals surface area contributed by atoms with Gasteiger partial charge in [-0.05, 0) is 87.4 Å². The Kier molecular flexibility index (Phi) is 10.1. The molecule has 9 nitrogen and oxygen atoms in total. The predicted molar refractivity (Wildman–Crippen MR) is 153 cm³/mol. The van der Waals surface area contributed by atoms with E-state index in [1.807, 2.05) is 20.8 Å². The first-order chi connectivity index (χ1) is 18.5. The van der Waals surface area contributed by atoms with E-state index in [0.29, 0.717) is 16.3 Å². The molecule has 0 spiro atoms. The molecule has 3 rings (SSSR count). The number of aryl methyl sites for hydroxylation is 2. The molecule has 2 N–H and O–H groups in total. The van der Waals surface area contributed by atoms with E-state index in [1.165, 1.54) is 24.4 Å². The number of nitrogens with zero attached hydrogens (tertiary/aromatic N) is 2. The van der Waals surface area contributed by atoms with E-state index in [4.69, 9.17) is 16.3 Å². The zero-order valence-corrected chi connectivity index (χ0v) is 23.7. The van der Waals surface area contributed by atoms with Gasteiger partial charge >= 0.3 is 0 Å². The van der Waals surface area contributed by atoms with Crippen LogP contribution in [0.3, 0.4) is 0 Å². The summed E-state index contributed by atoms with van der Waals surface area (Å²) in [5.41, 5.74) is 4.96. The van der Waals surface area contributed by atoms with Crippen molar-refractivity contribution in [1.29, 1.82) is 0 Å². The van der Waals surface area contributed by atoms with Gasteiger partial charge in [-0.25, -0.2) is 13.8 Å². The molecule has 39 heavy (non-hydrogen) atoms. The first-order valence-corrected chi connectivity index (χ1v) is 14.0. The van der Waals surface area contributed by atoms with Crippen molar-refractivity contribution in [2.45, 2.75) is 38.6 Å². The minimum atomic E-state index is -4.08. The van der Waals surface area contributed by atoms with Crippen LogP contribution in [0.1, 0.15) is 30.5 Å². The number of rotatable bonds is 11. The summed E-state index contributed by atoms with van der Waals surface area (Å²) in [6.45, 7) is 6.77.